The monoisotopic (exact) mass is 330 g/mol. The summed E-state index contributed by atoms with van der Waals surface area (Å²) in [4.78, 5) is 19.6. The number of nitrogens with one attached hydrogen (secondary N) is 1. The molecule has 116 valence electrons. The summed E-state index contributed by atoms with van der Waals surface area (Å²) in [6, 6.07) is 3.68. The van der Waals surface area contributed by atoms with Crippen molar-refractivity contribution in [3.8, 4) is 0 Å². The Balaban J connectivity index is 1.90. The first-order valence-electron chi connectivity index (χ1n) is 6.60. The van der Waals surface area contributed by atoms with E-state index >= 15 is 0 Å². The Bertz CT molecular complexity index is 841. The predicted molar refractivity (Wildman–Crippen MR) is 82.1 cm³/mol. The lowest BCUT2D eigenvalue weighted by atomic mass is 10.0. The van der Waals surface area contributed by atoms with Gasteiger partial charge in [0.25, 0.3) is 0 Å². The molecule has 0 spiro atoms. The number of halogens is 1. The fourth-order valence-electron chi connectivity index (χ4n) is 2.07. The van der Waals surface area contributed by atoms with E-state index in [1.54, 1.807) is 12.4 Å². The van der Waals surface area contributed by atoms with Gasteiger partial charge in [0.2, 0.25) is 11.0 Å². The first-order chi connectivity index (χ1) is 11.1. The number of aromatic nitrogens is 4. The molecule has 8 heteroatoms. The average molecular weight is 331 g/mol. The number of hydrogen-bond acceptors (Lipinski definition) is 6. The highest BCUT2D eigenvalue weighted by Crippen LogP contribution is 2.30. The third kappa shape index (κ3) is 3.29. The molecule has 0 amide bonds. The number of aliphatic hydroxyl groups excluding tert-OH is 1. The van der Waals surface area contributed by atoms with E-state index in [-0.39, 0.29) is 22.4 Å². The Kier molecular flexibility index (Phi) is 4.20. The second-order valence-corrected chi connectivity index (χ2v) is 5.01. The molecule has 0 radical (unpaired) electrons. The van der Waals surface area contributed by atoms with E-state index in [1.807, 2.05) is 12.1 Å². The van der Waals surface area contributed by atoms with Crippen LogP contribution in [0.1, 0.15) is 27.3 Å². The SMILES string of the molecule is O=C(C=C(O)c1c(Cc2ccncc2)coc1Cl)c1ncn[nH]1. The number of allylic oxidation sites excluding steroid dienone is 1. The van der Waals surface area contributed by atoms with E-state index in [0.29, 0.717) is 12.0 Å². The number of furan rings is 1. The number of nitrogens with zero attached hydrogens (tertiary/aromatic N) is 3. The van der Waals surface area contributed by atoms with Gasteiger partial charge in [0, 0.05) is 30.5 Å². The first kappa shape index (κ1) is 15.0. The van der Waals surface area contributed by atoms with Gasteiger partial charge in [-0.25, -0.2) is 4.98 Å². The van der Waals surface area contributed by atoms with Crippen molar-refractivity contribution in [3.05, 3.63) is 70.9 Å². The van der Waals surface area contributed by atoms with E-state index < -0.39 is 5.78 Å². The van der Waals surface area contributed by atoms with Crippen LogP contribution in [0.5, 0.6) is 0 Å². The number of aliphatic hydroxyl groups is 1. The van der Waals surface area contributed by atoms with Crippen molar-refractivity contribution in [2.75, 3.05) is 0 Å². The normalized spacial score (nSPS) is 11.6. The molecule has 0 aliphatic heterocycles. The largest absolute Gasteiger partial charge is 0.507 e. The van der Waals surface area contributed by atoms with Crippen LogP contribution in [0.15, 0.2) is 47.6 Å². The molecule has 0 atom stereocenters. The van der Waals surface area contributed by atoms with Crippen LogP contribution in [0.3, 0.4) is 0 Å². The molecule has 0 aromatic carbocycles. The Hall–Kier alpha value is -2.93. The van der Waals surface area contributed by atoms with E-state index in [9.17, 15) is 9.90 Å². The molecule has 7 nitrogen and oxygen atoms in total. The molecule has 3 aromatic heterocycles. The van der Waals surface area contributed by atoms with Crippen LogP contribution in [0.25, 0.3) is 5.76 Å². The highest BCUT2D eigenvalue weighted by Gasteiger charge is 2.18. The lowest BCUT2D eigenvalue weighted by molar-refractivity contribution is 0.103. The van der Waals surface area contributed by atoms with E-state index in [4.69, 9.17) is 16.0 Å². The Morgan fingerprint density at radius 2 is 2.17 bits per heavy atom. The molecule has 2 N–H and O–H groups in total. The number of rotatable bonds is 5. The van der Waals surface area contributed by atoms with Crippen LogP contribution >= 0.6 is 11.6 Å². The predicted octanol–water partition coefficient (Wildman–Crippen LogP) is 2.82. The molecule has 0 aliphatic rings. The summed E-state index contributed by atoms with van der Waals surface area (Å²) >= 11 is 5.99. The van der Waals surface area contributed by atoms with Crippen LogP contribution in [0.4, 0.5) is 0 Å². The Morgan fingerprint density at radius 1 is 1.39 bits per heavy atom. The van der Waals surface area contributed by atoms with Gasteiger partial charge in [-0.1, -0.05) is 0 Å². The van der Waals surface area contributed by atoms with Gasteiger partial charge in [-0.15, -0.1) is 0 Å². The fraction of sp³-hybridized carbons (Fsp3) is 0.0667. The first-order valence-corrected chi connectivity index (χ1v) is 6.98. The van der Waals surface area contributed by atoms with Gasteiger partial charge in [0.05, 0.1) is 11.8 Å². The topological polar surface area (TPSA) is 105 Å². The molecule has 0 bridgehead atoms. The van der Waals surface area contributed by atoms with Crippen molar-refractivity contribution in [1.82, 2.24) is 20.2 Å². The number of aromatic amines is 1. The van der Waals surface area contributed by atoms with Gasteiger partial charge in [0.15, 0.2) is 5.82 Å². The lowest BCUT2D eigenvalue weighted by Gasteiger charge is -2.03. The second-order valence-electron chi connectivity index (χ2n) is 4.67. The zero-order valence-corrected chi connectivity index (χ0v) is 12.5. The maximum absolute atomic E-state index is 11.9. The van der Waals surface area contributed by atoms with Crippen LogP contribution in [0.2, 0.25) is 5.22 Å². The maximum atomic E-state index is 11.9. The highest BCUT2D eigenvalue weighted by molar-refractivity contribution is 6.30. The smallest absolute Gasteiger partial charge is 0.226 e. The van der Waals surface area contributed by atoms with Gasteiger partial charge in [-0.2, -0.15) is 5.10 Å². The summed E-state index contributed by atoms with van der Waals surface area (Å²) in [6.45, 7) is 0. The average Bonchev–Trinajstić information content (AvgIpc) is 3.18. The summed E-state index contributed by atoms with van der Waals surface area (Å²) in [6.07, 6.45) is 7.48. The second kappa shape index (κ2) is 6.45. The highest BCUT2D eigenvalue weighted by atomic mass is 35.5. The lowest BCUT2D eigenvalue weighted by Crippen LogP contribution is -2.00. The van der Waals surface area contributed by atoms with Crippen molar-refractivity contribution in [2.24, 2.45) is 0 Å². The van der Waals surface area contributed by atoms with Crippen molar-refractivity contribution in [1.29, 1.82) is 0 Å². The minimum absolute atomic E-state index is 0.00757. The third-order valence-electron chi connectivity index (χ3n) is 3.14. The van der Waals surface area contributed by atoms with E-state index in [1.165, 1.54) is 12.6 Å². The van der Waals surface area contributed by atoms with Crippen LogP contribution in [0, 0.1) is 0 Å². The summed E-state index contributed by atoms with van der Waals surface area (Å²) in [5.74, 6) is -0.798. The van der Waals surface area contributed by atoms with E-state index in [0.717, 1.165) is 11.6 Å². The zero-order valence-electron chi connectivity index (χ0n) is 11.7. The summed E-state index contributed by atoms with van der Waals surface area (Å²) in [7, 11) is 0. The molecule has 23 heavy (non-hydrogen) atoms. The van der Waals surface area contributed by atoms with Gasteiger partial charge < -0.3 is 9.52 Å². The molecule has 0 aliphatic carbocycles. The zero-order chi connectivity index (χ0) is 16.2. The number of pyridine rings is 1. The Morgan fingerprint density at radius 3 is 2.87 bits per heavy atom. The minimum Gasteiger partial charge on any atom is -0.507 e. The standard InChI is InChI=1S/C15H11ClN4O3/c16-14-13(11(21)6-12(22)15-18-8-19-20-15)10(7-23-14)5-9-1-3-17-4-2-9/h1-4,6-8,21H,5H2,(H,18,19,20). The molecule has 3 rings (SSSR count). The molecular weight excluding hydrogens is 320 g/mol. The number of H-pyrrole nitrogens is 1. The maximum Gasteiger partial charge on any atom is 0.226 e. The summed E-state index contributed by atoms with van der Waals surface area (Å²) in [5.41, 5.74) is 1.89. The molecule has 0 saturated heterocycles. The fourth-order valence-corrected chi connectivity index (χ4v) is 2.33. The van der Waals surface area contributed by atoms with Crippen LogP contribution in [-0.4, -0.2) is 31.1 Å². The number of carbonyl (C=O) groups excluding carboxylic acids is 1. The van der Waals surface area contributed by atoms with Gasteiger partial charge in [0.1, 0.15) is 12.1 Å². The molecule has 0 unspecified atom stereocenters. The van der Waals surface area contributed by atoms with Crippen molar-refractivity contribution in [2.45, 2.75) is 6.42 Å². The minimum atomic E-state index is -0.521. The van der Waals surface area contributed by atoms with E-state index in [2.05, 4.69) is 20.2 Å². The summed E-state index contributed by atoms with van der Waals surface area (Å²) < 4.78 is 5.16. The van der Waals surface area contributed by atoms with Crippen molar-refractivity contribution >= 4 is 23.1 Å². The third-order valence-corrected chi connectivity index (χ3v) is 3.42. The van der Waals surface area contributed by atoms with Crippen LogP contribution < -0.4 is 0 Å². The van der Waals surface area contributed by atoms with Gasteiger partial charge >= 0.3 is 0 Å². The molecule has 3 aromatic rings. The van der Waals surface area contributed by atoms with Crippen molar-refractivity contribution in [3.63, 3.8) is 0 Å². The summed E-state index contributed by atoms with van der Waals surface area (Å²) in [5, 5.41) is 16.3. The number of carbonyl (C=O) groups is 1. The molecular formula is C15H11ClN4O3. The van der Waals surface area contributed by atoms with Crippen molar-refractivity contribution < 1.29 is 14.3 Å². The number of ketones is 1. The quantitative estimate of drug-likeness (QED) is 0.423. The van der Waals surface area contributed by atoms with Gasteiger partial charge in [-0.05, 0) is 29.3 Å². The van der Waals surface area contributed by atoms with Crippen LogP contribution in [-0.2, 0) is 6.42 Å². The molecule has 0 saturated carbocycles. The Labute approximate surface area is 135 Å². The number of hydrogen-bond donors (Lipinski definition) is 2. The molecule has 0 fully saturated rings. The van der Waals surface area contributed by atoms with Gasteiger partial charge in [-0.3, -0.25) is 14.9 Å². The molecule has 3 heterocycles.